The minimum absolute atomic E-state index is 0.597. The Kier molecular flexibility index (Phi) is 4.72. The topological polar surface area (TPSA) is 52.8 Å². The lowest BCUT2D eigenvalue weighted by Gasteiger charge is -2.02. The third-order valence-electron chi connectivity index (χ3n) is 1.75. The number of allylic oxidation sites excluding steroid dienone is 5. The molecule has 0 fully saturated rings. The van der Waals surface area contributed by atoms with E-state index in [1.165, 1.54) is 11.0 Å². The summed E-state index contributed by atoms with van der Waals surface area (Å²) in [5, 5.41) is 10.8. The first-order chi connectivity index (χ1) is 7.81. The van der Waals surface area contributed by atoms with Crippen LogP contribution in [0.3, 0.4) is 0 Å². The molecule has 1 aromatic heterocycles. The van der Waals surface area contributed by atoms with E-state index in [2.05, 4.69) is 28.7 Å². The zero-order chi connectivity index (χ0) is 11.8. The van der Waals surface area contributed by atoms with Gasteiger partial charge in [-0.1, -0.05) is 13.2 Å². The lowest BCUT2D eigenvalue weighted by Crippen LogP contribution is -1.95. The lowest BCUT2D eigenvalue weighted by molar-refractivity contribution is 0.243. The van der Waals surface area contributed by atoms with Crippen LogP contribution in [0.15, 0.2) is 49.5 Å². The average molecular weight is 218 g/mol. The van der Waals surface area contributed by atoms with Crippen molar-refractivity contribution in [2.45, 2.75) is 6.92 Å². The van der Waals surface area contributed by atoms with Gasteiger partial charge in [0.05, 0.1) is 12.3 Å². The van der Waals surface area contributed by atoms with Gasteiger partial charge in [-0.2, -0.15) is 0 Å². The van der Waals surface area contributed by atoms with Gasteiger partial charge in [0.15, 0.2) is 0 Å². The van der Waals surface area contributed by atoms with Crippen LogP contribution >= 0.6 is 0 Å². The Labute approximate surface area is 94.4 Å². The summed E-state index contributed by atoms with van der Waals surface area (Å²) in [5.74, 6) is 0.690. The minimum Gasteiger partial charge on any atom is -0.494 e. The Balaban J connectivity index is 2.88. The molecule has 5 heteroatoms. The highest BCUT2D eigenvalue weighted by atomic mass is 16.5. The van der Waals surface area contributed by atoms with E-state index in [1.807, 2.05) is 6.92 Å². The van der Waals surface area contributed by atoms with E-state index in [0.29, 0.717) is 12.4 Å². The first-order valence-electron chi connectivity index (χ1n) is 4.84. The molecule has 1 aromatic rings. The van der Waals surface area contributed by atoms with Crippen molar-refractivity contribution in [3.63, 3.8) is 0 Å². The van der Waals surface area contributed by atoms with Crippen molar-refractivity contribution in [3.05, 3.63) is 49.5 Å². The maximum Gasteiger partial charge on any atom is 0.143 e. The molecule has 0 saturated heterocycles. The summed E-state index contributed by atoms with van der Waals surface area (Å²) in [5.41, 5.74) is 0.754. The second-order valence-corrected chi connectivity index (χ2v) is 2.76. The first kappa shape index (κ1) is 11.9. The molecule has 1 heterocycles. The second kappa shape index (κ2) is 6.34. The largest absolute Gasteiger partial charge is 0.494 e. The minimum atomic E-state index is 0.597. The van der Waals surface area contributed by atoms with Crippen molar-refractivity contribution < 1.29 is 4.74 Å². The molecule has 84 valence electrons. The van der Waals surface area contributed by atoms with E-state index in [-0.39, 0.29) is 0 Å². The molecule has 1 rings (SSSR count). The third-order valence-corrected chi connectivity index (χ3v) is 1.75. The van der Waals surface area contributed by atoms with E-state index < -0.39 is 0 Å². The van der Waals surface area contributed by atoms with Crippen molar-refractivity contribution in [2.24, 2.45) is 0 Å². The van der Waals surface area contributed by atoms with Gasteiger partial charge in [-0.05, 0) is 41.7 Å². The number of rotatable bonds is 6. The lowest BCUT2D eigenvalue weighted by atomic mass is 10.3. The van der Waals surface area contributed by atoms with Gasteiger partial charge in [-0.3, -0.25) is 0 Å². The highest BCUT2D eigenvalue weighted by Gasteiger charge is 1.96. The highest BCUT2D eigenvalue weighted by Crippen LogP contribution is 2.05. The summed E-state index contributed by atoms with van der Waals surface area (Å²) < 4.78 is 6.82. The van der Waals surface area contributed by atoms with Gasteiger partial charge in [0, 0.05) is 0 Å². The Bertz CT molecular complexity index is 404. The first-order valence-corrected chi connectivity index (χ1v) is 4.84. The van der Waals surface area contributed by atoms with E-state index in [1.54, 1.807) is 24.3 Å². The van der Waals surface area contributed by atoms with Gasteiger partial charge in [-0.15, -0.1) is 5.10 Å². The van der Waals surface area contributed by atoms with Crippen molar-refractivity contribution >= 4 is 5.70 Å². The Morgan fingerprint density at radius 3 is 2.69 bits per heavy atom. The van der Waals surface area contributed by atoms with E-state index in [4.69, 9.17) is 4.74 Å². The van der Waals surface area contributed by atoms with Gasteiger partial charge in [0.2, 0.25) is 0 Å². The van der Waals surface area contributed by atoms with Crippen LogP contribution < -0.4 is 0 Å². The predicted molar refractivity (Wildman–Crippen MR) is 62.2 cm³/mol. The van der Waals surface area contributed by atoms with Crippen molar-refractivity contribution in [2.75, 3.05) is 6.61 Å². The summed E-state index contributed by atoms with van der Waals surface area (Å²) >= 11 is 0. The van der Waals surface area contributed by atoms with Crippen LogP contribution in [0, 0.1) is 0 Å². The fraction of sp³-hybridized carbons (Fsp3) is 0.182. The van der Waals surface area contributed by atoms with Crippen LogP contribution in [0.2, 0.25) is 0 Å². The predicted octanol–water partition coefficient (Wildman–Crippen LogP) is 1.81. The molecule has 0 aliphatic heterocycles. The van der Waals surface area contributed by atoms with Gasteiger partial charge in [-0.25, -0.2) is 4.68 Å². The molecule has 0 atom stereocenters. The molecule has 0 amide bonds. The monoisotopic (exact) mass is 218 g/mol. The number of tetrazole rings is 1. The van der Waals surface area contributed by atoms with Crippen LogP contribution in [0.5, 0.6) is 0 Å². The summed E-state index contributed by atoms with van der Waals surface area (Å²) in [7, 11) is 0. The molecule has 0 N–H and O–H groups in total. The smallest absolute Gasteiger partial charge is 0.143 e. The Morgan fingerprint density at radius 2 is 2.19 bits per heavy atom. The standard InChI is InChI=1S/C11H14N4O/c1-4-10(15-9-12-13-14-15)7-8-11(5-2)16-6-3/h4-5,7-9H,1-2,6H2,3H3/b10-7+,11-8+. The van der Waals surface area contributed by atoms with Crippen LogP contribution in [0.1, 0.15) is 6.92 Å². The van der Waals surface area contributed by atoms with Gasteiger partial charge < -0.3 is 4.74 Å². The van der Waals surface area contributed by atoms with Crippen LogP contribution in [0.25, 0.3) is 5.70 Å². The quantitative estimate of drug-likeness (QED) is 0.539. The molecule has 0 aliphatic carbocycles. The molecule has 5 nitrogen and oxygen atoms in total. The molecule has 0 spiro atoms. The molecule has 0 unspecified atom stereocenters. The fourth-order valence-electron chi connectivity index (χ4n) is 1.03. The molecular weight excluding hydrogens is 204 g/mol. The molecule has 0 bridgehead atoms. The van der Waals surface area contributed by atoms with Gasteiger partial charge in [0.25, 0.3) is 0 Å². The zero-order valence-electron chi connectivity index (χ0n) is 9.21. The molecule has 0 radical (unpaired) electrons. The van der Waals surface area contributed by atoms with Crippen LogP contribution in [-0.2, 0) is 4.74 Å². The number of aromatic nitrogens is 4. The molecule has 0 aliphatic rings. The summed E-state index contributed by atoms with van der Waals surface area (Å²) in [6.45, 7) is 9.85. The highest BCUT2D eigenvalue weighted by molar-refractivity contribution is 5.57. The van der Waals surface area contributed by atoms with Gasteiger partial charge in [0.1, 0.15) is 12.1 Å². The van der Waals surface area contributed by atoms with Crippen molar-refractivity contribution in [1.29, 1.82) is 0 Å². The normalized spacial score (nSPS) is 12.3. The fourth-order valence-corrected chi connectivity index (χ4v) is 1.03. The van der Waals surface area contributed by atoms with Crippen LogP contribution in [0.4, 0.5) is 0 Å². The second-order valence-electron chi connectivity index (χ2n) is 2.76. The van der Waals surface area contributed by atoms with Crippen LogP contribution in [-0.4, -0.2) is 26.8 Å². The molecular formula is C11H14N4O. The van der Waals surface area contributed by atoms with Crippen molar-refractivity contribution in [3.8, 4) is 0 Å². The Morgan fingerprint density at radius 1 is 1.38 bits per heavy atom. The molecule has 0 saturated carbocycles. The maximum absolute atomic E-state index is 5.31. The summed E-state index contributed by atoms with van der Waals surface area (Å²) in [6, 6.07) is 0. The van der Waals surface area contributed by atoms with E-state index >= 15 is 0 Å². The Hall–Kier alpha value is -2.17. The number of hydrogen-bond acceptors (Lipinski definition) is 4. The summed E-state index contributed by atoms with van der Waals surface area (Å²) in [6.07, 6.45) is 8.38. The number of hydrogen-bond donors (Lipinski definition) is 0. The van der Waals surface area contributed by atoms with Gasteiger partial charge >= 0.3 is 0 Å². The van der Waals surface area contributed by atoms with E-state index in [0.717, 1.165) is 5.70 Å². The molecule has 16 heavy (non-hydrogen) atoms. The number of nitrogens with zero attached hydrogens (tertiary/aromatic N) is 4. The summed E-state index contributed by atoms with van der Waals surface area (Å²) in [4.78, 5) is 0. The van der Waals surface area contributed by atoms with Crippen molar-refractivity contribution in [1.82, 2.24) is 20.2 Å². The maximum atomic E-state index is 5.31. The number of ether oxygens (including phenoxy) is 1. The van der Waals surface area contributed by atoms with E-state index in [9.17, 15) is 0 Å². The third kappa shape index (κ3) is 3.20. The SMILES string of the molecule is C=C/C(=C\C=C(/C=C)n1cnnn1)OCC. The zero-order valence-corrected chi connectivity index (χ0v) is 9.21. The molecule has 0 aromatic carbocycles. The average Bonchev–Trinajstić information content (AvgIpc) is 2.82.